The van der Waals surface area contributed by atoms with Crippen molar-refractivity contribution in [1.29, 1.82) is 0 Å². The molecule has 3 N–H and O–H groups in total. The van der Waals surface area contributed by atoms with Crippen LogP contribution in [0.25, 0.3) is 0 Å². The van der Waals surface area contributed by atoms with E-state index < -0.39 is 10.0 Å². The van der Waals surface area contributed by atoms with Crippen molar-refractivity contribution in [3.05, 3.63) is 58.1 Å². The Hall–Kier alpha value is -1.56. The Morgan fingerprint density at radius 1 is 1.14 bits per heavy atom. The zero-order chi connectivity index (χ0) is 15.6. The summed E-state index contributed by atoms with van der Waals surface area (Å²) in [5.74, 6) is 0. The van der Waals surface area contributed by atoms with E-state index in [1.165, 1.54) is 0 Å². The van der Waals surface area contributed by atoms with Gasteiger partial charge in [-0.3, -0.25) is 4.72 Å². The maximum Gasteiger partial charge on any atom is 0.261 e. The average Bonchev–Trinajstić information content (AvgIpc) is 2.42. The molecular weight excluding hydrogens is 308 g/mol. The molecule has 0 saturated heterocycles. The summed E-state index contributed by atoms with van der Waals surface area (Å²) in [5.41, 5.74) is 8.70. The number of nitrogens with one attached hydrogen (secondary N) is 1. The normalized spacial score (nSPS) is 11.4. The zero-order valence-corrected chi connectivity index (χ0v) is 13.4. The standard InChI is InChI=1S/C15H17ClN2O2S/c1-10-3-6-15(14(16)7-10)18-21(19,20)13-5-4-11(2)12(8-13)9-17/h3-8,18H,9,17H2,1-2H3. The number of hydrogen-bond donors (Lipinski definition) is 2. The summed E-state index contributed by atoms with van der Waals surface area (Å²) < 4.78 is 27.3. The molecule has 0 heterocycles. The van der Waals surface area contributed by atoms with Crippen LogP contribution in [0.15, 0.2) is 41.3 Å². The van der Waals surface area contributed by atoms with Crippen molar-refractivity contribution in [2.45, 2.75) is 25.3 Å². The summed E-state index contributed by atoms with van der Waals surface area (Å²) >= 11 is 6.06. The van der Waals surface area contributed by atoms with Crippen LogP contribution in [-0.4, -0.2) is 8.42 Å². The highest BCUT2D eigenvalue weighted by atomic mass is 35.5. The van der Waals surface area contributed by atoms with Crippen LogP contribution >= 0.6 is 11.6 Å². The summed E-state index contributed by atoms with van der Waals surface area (Å²) in [7, 11) is -3.69. The second-order valence-electron chi connectivity index (χ2n) is 4.88. The lowest BCUT2D eigenvalue weighted by atomic mass is 10.1. The van der Waals surface area contributed by atoms with Crippen LogP contribution < -0.4 is 10.5 Å². The van der Waals surface area contributed by atoms with Crippen molar-refractivity contribution in [1.82, 2.24) is 0 Å². The predicted molar refractivity (Wildman–Crippen MR) is 86.1 cm³/mol. The van der Waals surface area contributed by atoms with Crippen molar-refractivity contribution in [3.63, 3.8) is 0 Å². The molecule has 0 saturated carbocycles. The van der Waals surface area contributed by atoms with Gasteiger partial charge < -0.3 is 5.73 Å². The third kappa shape index (κ3) is 3.56. The summed E-state index contributed by atoms with van der Waals surface area (Å²) in [6.45, 7) is 4.07. The fourth-order valence-electron chi connectivity index (χ4n) is 1.94. The van der Waals surface area contributed by atoms with Gasteiger partial charge >= 0.3 is 0 Å². The van der Waals surface area contributed by atoms with Crippen molar-refractivity contribution in [3.8, 4) is 0 Å². The smallest absolute Gasteiger partial charge is 0.261 e. The maximum atomic E-state index is 12.4. The largest absolute Gasteiger partial charge is 0.326 e. The minimum absolute atomic E-state index is 0.171. The first-order valence-electron chi connectivity index (χ1n) is 6.42. The maximum absolute atomic E-state index is 12.4. The molecule has 0 aliphatic heterocycles. The molecule has 2 aromatic rings. The van der Waals surface area contributed by atoms with E-state index >= 15 is 0 Å². The van der Waals surface area contributed by atoms with Crippen molar-refractivity contribution < 1.29 is 8.42 Å². The number of benzene rings is 2. The van der Waals surface area contributed by atoms with E-state index in [4.69, 9.17) is 17.3 Å². The molecule has 0 aliphatic carbocycles. The predicted octanol–water partition coefficient (Wildman–Crippen LogP) is 3.22. The molecule has 0 spiro atoms. The minimum Gasteiger partial charge on any atom is -0.326 e. The lowest BCUT2D eigenvalue weighted by Crippen LogP contribution is -2.14. The second kappa shape index (κ2) is 6.05. The van der Waals surface area contributed by atoms with Crippen LogP contribution in [0.1, 0.15) is 16.7 Å². The van der Waals surface area contributed by atoms with E-state index in [0.717, 1.165) is 16.7 Å². The van der Waals surface area contributed by atoms with Crippen LogP contribution in [0, 0.1) is 13.8 Å². The number of sulfonamides is 1. The molecule has 0 bridgehead atoms. The molecule has 6 heteroatoms. The zero-order valence-electron chi connectivity index (χ0n) is 11.9. The molecular formula is C15H17ClN2O2S. The quantitative estimate of drug-likeness (QED) is 0.907. The number of anilines is 1. The van der Waals surface area contributed by atoms with Gasteiger partial charge in [-0.2, -0.15) is 0 Å². The van der Waals surface area contributed by atoms with E-state index in [1.54, 1.807) is 36.4 Å². The van der Waals surface area contributed by atoms with Gasteiger partial charge in [0.2, 0.25) is 0 Å². The molecule has 0 aliphatic rings. The van der Waals surface area contributed by atoms with Gasteiger partial charge in [-0.05, 0) is 54.8 Å². The van der Waals surface area contributed by atoms with E-state index in [2.05, 4.69) is 4.72 Å². The third-order valence-corrected chi connectivity index (χ3v) is 4.90. The van der Waals surface area contributed by atoms with Gasteiger partial charge in [-0.15, -0.1) is 0 Å². The summed E-state index contributed by atoms with van der Waals surface area (Å²) in [4.78, 5) is 0.171. The van der Waals surface area contributed by atoms with Gasteiger partial charge in [0.15, 0.2) is 0 Å². The molecule has 0 radical (unpaired) electrons. The van der Waals surface area contributed by atoms with Crippen molar-refractivity contribution in [2.75, 3.05) is 4.72 Å². The fraction of sp³-hybridized carbons (Fsp3) is 0.200. The Labute approximate surface area is 130 Å². The van der Waals surface area contributed by atoms with Crippen molar-refractivity contribution >= 4 is 27.3 Å². The van der Waals surface area contributed by atoms with E-state index in [-0.39, 0.29) is 4.90 Å². The van der Waals surface area contributed by atoms with Gasteiger partial charge in [0.05, 0.1) is 15.6 Å². The summed E-state index contributed by atoms with van der Waals surface area (Å²) in [5, 5.41) is 0.365. The van der Waals surface area contributed by atoms with Crippen LogP contribution in [-0.2, 0) is 16.6 Å². The second-order valence-corrected chi connectivity index (χ2v) is 6.97. The van der Waals surface area contributed by atoms with E-state index in [0.29, 0.717) is 17.3 Å². The monoisotopic (exact) mass is 324 g/mol. The molecule has 2 aromatic carbocycles. The number of aryl methyl sites for hydroxylation is 2. The first-order chi connectivity index (χ1) is 9.83. The van der Waals surface area contributed by atoms with Crippen LogP contribution in [0.4, 0.5) is 5.69 Å². The Morgan fingerprint density at radius 3 is 2.48 bits per heavy atom. The number of rotatable bonds is 4. The molecule has 21 heavy (non-hydrogen) atoms. The molecule has 0 atom stereocenters. The first-order valence-corrected chi connectivity index (χ1v) is 8.28. The van der Waals surface area contributed by atoms with E-state index in [1.807, 2.05) is 13.8 Å². The lowest BCUT2D eigenvalue weighted by molar-refractivity contribution is 0.601. The SMILES string of the molecule is Cc1ccc(NS(=O)(=O)c2ccc(C)c(CN)c2)c(Cl)c1. The average molecular weight is 325 g/mol. The Kier molecular flexibility index (Phi) is 4.56. The molecule has 0 unspecified atom stereocenters. The topological polar surface area (TPSA) is 72.2 Å². The van der Waals surface area contributed by atoms with Crippen LogP contribution in [0.3, 0.4) is 0 Å². The Balaban J connectivity index is 2.38. The number of hydrogen-bond acceptors (Lipinski definition) is 3. The van der Waals surface area contributed by atoms with Gasteiger partial charge in [0, 0.05) is 6.54 Å². The highest BCUT2D eigenvalue weighted by molar-refractivity contribution is 7.92. The Morgan fingerprint density at radius 2 is 1.86 bits per heavy atom. The van der Waals surface area contributed by atoms with Gasteiger partial charge in [0.25, 0.3) is 10.0 Å². The Bertz CT molecular complexity index is 773. The molecule has 4 nitrogen and oxygen atoms in total. The summed E-state index contributed by atoms with van der Waals surface area (Å²) in [6, 6.07) is 10.0. The van der Waals surface area contributed by atoms with Gasteiger partial charge in [-0.1, -0.05) is 23.7 Å². The molecule has 2 rings (SSSR count). The highest BCUT2D eigenvalue weighted by Crippen LogP contribution is 2.26. The molecule has 0 amide bonds. The lowest BCUT2D eigenvalue weighted by Gasteiger charge is -2.12. The fourth-order valence-corrected chi connectivity index (χ4v) is 3.41. The molecule has 112 valence electrons. The number of halogens is 1. The van der Waals surface area contributed by atoms with Crippen LogP contribution in [0.5, 0.6) is 0 Å². The minimum atomic E-state index is -3.69. The molecule has 0 aromatic heterocycles. The number of nitrogens with two attached hydrogens (primary N) is 1. The van der Waals surface area contributed by atoms with Crippen molar-refractivity contribution in [2.24, 2.45) is 5.73 Å². The van der Waals surface area contributed by atoms with Crippen LogP contribution in [0.2, 0.25) is 5.02 Å². The third-order valence-electron chi connectivity index (χ3n) is 3.22. The van der Waals surface area contributed by atoms with Gasteiger partial charge in [0.1, 0.15) is 0 Å². The van der Waals surface area contributed by atoms with E-state index in [9.17, 15) is 8.42 Å². The molecule has 0 fully saturated rings. The summed E-state index contributed by atoms with van der Waals surface area (Å²) in [6.07, 6.45) is 0. The first kappa shape index (κ1) is 15.8. The van der Waals surface area contributed by atoms with Gasteiger partial charge in [-0.25, -0.2) is 8.42 Å². The highest BCUT2D eigenvalue weighted by Gasteiger charge is 2.16.